The summed E-state index contributed by atoms with van der Waals surface area (Å²) in [5.74, 6) is 0. The van der Waals surface area contributed by atoms with E-state index in [1.54, 1.807) is 0 Å². The Kier molecular flexibility index (Phi) is 7.84. The molecule has 0 aromatic heterocycles. The van der Waals surface area contributed by atoms with Gasteiger partial charge in [0.2, 0.25) is 0 Å². The van der Waals surface area contributed by atoms with E-state index in [4.69, 9.17) is 0 Å². The molecule has 1 aromatic carbocycles. The zero-order valence-corrected chi connectivity index (χ0v) is 7.00. The predicted octanol–water partition coefficient (Wildman–Crippen LogP) is 2.29. The molecule has 0 radical (unpaired) electrons. The van der Waals surface area contributed by atoms with Crippen LogP contribution in [0, 0.1) is 6.92 Å². The molecule has 0 heterocycles. The maximum absolute atomic E-state index is 3.72. The van der Waals surface area contributed by atoms with Crippen molar-refractivity contribution in [2.24, 2.45) is 0 Å². The summed E-state index contributed by atoms with van der Waals surface area (Å²) < 4.78 is 0. The van der Waals surface area contributed by atoms with Gasteiger partial charge in [-0.2, -0.15) is 24.6 Å². The average molecular weight is 180 g/mol. The number of hydrogen-bond acceptors (Lipinski definition) is 0. The van der Waals surface area contributed by atoms with Crippen molar-refractivity contribution in [3.8, 4) is 0 Å². The Bertz CT molecular complexity index is 139. The number of rotatable bonds is 0. The monoisotopic (exact) mass is 179 g/mol. The van der Waals surface area contributed by atoms with Crippen molar-refractivity contribution in [2.45, 2.75) is 0 Å². The third-order valence-corrected chi connectivity index (χ3v) is 0.843. The summed E-state index contributed by atoms with van der Waals surface area (Å²) in [5, 5.41) is 0. The molecule has 0 bridgehead atoms. The molecule has 1 rings (SSSR count). The van der Waals surface area contributed by atoms with Gasteiger partial charge < -0.3 is 0 Å². The first-order valence-electron chi connectivity index (χ1n) is 2.26. The van der Waals surface area contributed by atoms with Gasteiger partial charge in [0, 0.05) is 17.4 Å². The number of halogens is 1. The van der Waals surface area contributed by atoms with Crippen LogP contribution in [-0.2, 0) is 17.4 Å². The zero-order valence-electron chi connectivity index (χ0n) is 4.91. The van der Waals surface area contributed by atoms with E-state index in [0.717, 1.165) is 5.56 Å². The van der Waals surface area contributed by atoms with Crippen LogP contribution in [0.2, 0.25) is 0 Å². The van der Waals surface area contributed by atoms with Gasteiger partial charge in [0.1, 0.15) is 0 Å². The van der Waals surface area contributed by atoms with Crippen molar-refractivity contribution in [3.05, 3.63) is 42.8 Å². The van der Waals surface area contributed by atoms with E-state index in [2.05, 4.69) is 6.92 Å². The fraction of sp³-hybridized carbons (Fsp3) is 0. The third-order valence-electron chi connectivity index (χ3n) is 0.843. The Hall–Kier alpha value is -0.0875. The second kappa shape index (κ2) is 6.04. The van der Waals surface area contributed by atoms with Crippen LogP contribution in [0.4, 0.5) is 0 Å². The first kappa shape index (κ1) is 11.7. The van der Waals surface area contributed by atoms with Gasteiger partial charge >= 0.3 is 0 Å². The normalized spacial score (nSPS) is 6.67. The van der Waals surface area contributed by atoms with Crippen molar-refractivity contribution >= 4 is 12.4 Å². The fourth-order valence-corrected chi connectivity index (χ4v) is 0.478. The van der Waals surface area contributed by atoms with Crippen LogP contribution in [0.1, 0.15) is 5.56 Å². The third kappa shape index (κ3) is 4.42. The SMILES string of the molecule is Cl.[CH2-]c1ccccc1.[Cr]. The summed E-state index contributed by atoms with van der Waals surface area (Å²) in [6, 6.07) is 9.87. The summed E-state index contributed by atoms with van der Waals surface area (Å²) in [6.45, 7) is 3.72. The van der Waals surface area contributed by atoms with Crippen LogP contribution < -0.4 is 0 Å². The quantitative estimate of drug-likeness (QED) is 0.536. The molecule has 0 saturated heterocycles. The van der Waals surface area contributed by atoms with E-state index in [-0.39, 0.29) is 29.8 Å². The molecular weight excluding hydrogens is 172 g/mol. The largest absolute Gasteiger partial charge is 0.199 e. The average Bonchev–Trinajstić information content (AvgIpc) is 1.69. The van der Waals surface area contributed by atoms with Crippen LogP contribution in [0.3, 0.4) is 0 Å². The van der Waals surface area contributed by atoms with Crippen molar-refractivity contribution in [1.82, 2.24) is 0 Å². The molecule has 0 aliphatic heterocycles. The van der Waals surface area contributed by atoms with Crippen molar-refractivity contribution in [1.29, 1.82) is 0 Å². The first-order valence-corrected chi connectivity index (χ1v) is 2.26. The minimum atomic E-state index is 0. The van der Waals surface area contributed by atoms with E-state index in [1.807, 2.05) is 30.3 Å². The second-order valence-corrected chi connectivity index (χ2v) is 1.49. The van der Waals surface area contributed by atoms with Gasteiger partial charge in [0.05, 0.1) is 0 Å². The Morgan fingerprint density at radius 1 is 1.00 bits per heavy atom. The number of hydrogen-bond donors (Lipinski definition) is 0. The first-order chi connectivity index (χ1) is 3.39. The molecule has 0 N–H and O–H groups in total. The van der Waals surface area contributed by atoms with E-state index in [1.165, 1.54) is 0 Å². The number of benzene rings is 1. The molecule has 0 amide bonds. The van der Waals surface area contributed by atoms with Gasteiger partial charge in [-0.25, -0.2) is 0 Å². The van der Waals surface area contributed by atoms with Crippen LogP contribution in [0.5, 0.6) is 0 Å². The van der Waals surface area contributed by atoms with Gasteiger partial charge in [0.15, 0.2) is 0 Å². The van der Waals surface area contributed by atoms with E-state index >= 15 is 0 Å². The maximum Gasteiger partial charge on any atom is 0 e. The second-order valence-electron chi connectivity index (χ2n) is 1.49. The van der Waals surface area contributed by atoms with Gasteiger partial charge in [-0.3, -0.25) is 0 Å². The smallest absolute Gasteiger partial charge is 0 e. The maximum atomic E-state index is 3.72. The van der Waals surface area contributed by atoms with Crippen LogP contribution in [0.25, 0.3) is 0 Å². The molecule has 0 fully saturated rings. The summed E-state index contributed by atoms with van der Waals surface area (Å²) in [4.78, 5) is 0. The van der Waals surface area contributed by atoms with Crippen molar-refractivity contribution in [3.63, 3.8) is 0 Å². The van der Waals surface area contributed by atoms with Gasteiger partial charge in [-0.1, -0.05) is 6.07 Å². The van der Waals surface area contributed by atoms with Gasteiger partial charge in [-0.05, 0) is 0 Å². The molecule has 9 heavy (non-hydrogen) atoms. The van der Waals surface area contributed by atoms with E-state index in [9.17, 15) is 0 Å². The summed E-state index contributed by atoms with van der Waals surface area (Å²) >= 11 is 0. The minimum Gasteiger partial charge on any atom is -0.199 e. The molecule has 0 unspecified atom stereocenters. The standard InChI is InChI=1S/C7H7.ClH.Cr/c1-7-5-3-2-4-6-7;;/h2-6H,1H2;1H;/q-1;;. The Labute approximate surface area is 72.8 Å². The zero-order chi connectivity index (χ0) is 5.11. The Morgan fingerprint density at radius 3 is 1.67 bits per heavy atom. The minimum absolute atomic E-state index is 0. The summed E-state index contributed by atoms with van der Waals surface area (Å²) in [6.07, 6.45) is 0. The molecule has 0 nitrogen and oxygen atoms in total. The fourth-order valence-electron chi connectivity index (χ4n) is 0.478. The van der Waals surface area contributed by atoms with E-state index < -0.39 is 0 Å². The van der Waals surface area contributed by atoms with Crippen molar-refractivity contribution in [2.75, 3.05) is 0 Å². The van der Waals surface area contributed by atoms with Crippen molar-refractivity contribution < 1.29 is 17.4 Å². The Morgan fingerprint density at radius 2 is 1.44 bits per heavy atom. The molecule has 2 heteroatoms. The van der Waals surface area contributed by atoms with Crippen LogP contribution >= 0.6 is 12.4 Å². The molecule has 0 saturated carbocycles. The van der Waals surface area contributed by atoms with E-state index in [0.29, 0.717) is 0 Å². The molecule has 0 spiro atoms. The topological polar surface area (TPSA) is 0 Å². The van der Waals surface area contributed by atoms with Crippen LogP contribution in [-0.4, -0.2) is 0 Å². The van der Waals surface area contributed by atoms with Gasteiger partial charge in [0.25, 0.3) is 0 Å². The molecule has 0 aliphatic carbocycles. The molecule has 0 atom stereocenters. The van der Waals surface area contributed by atoms with Gasteiger partial charge in [-0.15, -0.1) is 24.5 Å². The summed E-state index contributed by atoms with van der Waals surface area (Å²) in [5.41, 5.74) is 1.07. The van der Waals surface area contributed by atoms with Crippen LogP contribution in [0.15, 0.2) is 30.3 Å². The molecule has 0 aliphatic rings. The molecule has 1 aromatic rings. The molecule has 50 valence electrons. The summed E-state index contributed by atoms with van der Waals surface area (Å²) in [7, 11) is 0. The molecular formula is C7H8ClCr-. The Balaban J connectivity index is 0. The predicted molar refractivity (Wildman–Crippen MR) is 38.1 cm³/mol.